The quantitative estimate of drug-likeness (QED) is 0.207. The van der Waals surface area contributed by atoms with Gasteiger partial charge in [0.15, 0.2) is 0 Å². The van der Waals surface area contributed by atoms with Gasteiger partial charge in [0.05, 0.1) is 24.7 Å². The van der Waals surface area contributed by atoms with Crippen LogP contribution in [0.15, 0.2) is 36.0 Å². The molecule has 8 nitrogen and oxygen atoms in total. The second-order valence-corrected chi connectivity index (χ2v) is 10.7. The fourth-order valence-corrected chi connectivity index (χ4v) is 4.76. The summed E-state index contributed by atoms with van der Waals surface area (Å²) in [5, 5.41) is 31.9. The first kappa shape index (κ1) is 30.2. The maximum atomic E-state index is 12.6. The Morgan fingerprint density at radius 2 is 1.97 bits per heavy atom. The van der Waals surface area contributed by atoms with Gasteiger partial charge in [-0.3, -0.25) is 9.59 Å². The maximum absolute atomic E-state index is 12.6. The van der Waals surface area contributed by atoms with E-state index in [0.717, 1.165) is 12.0 Å². The van der Waals surface area contributed by atoms with Gasteiger partial charge < -0.3 is 29.5 Å². The minimum Gasteiger partial charge on any atom is -0.457 e. The summed E-state index contributed by atoms with van der Waals surface area (Å²) in [5.74, 6) is -1.51. The molecule has 0 aromatic rings. The van der Waals surface area contributed by atoms with Crippen molar-refractivity contribution < 1.29 is 39.1 Å². The van der Waals surface area contributed by atoms with Gasteiger partial charge in [0.2, 0.25) is 0 Å². The minimum atomic E-state index is -1.41. The van der Waals surface area contributed by atoms with Gasteiger partial charge >= 0.3 is 11.9 Å². The Labute approximate surface area is 215 Å². The van der Waals surface area contributed by atoms with Gasteiger partial charge in [0, 0.05) is 18.8 Å². The fraction of sp³-hybridized carbons (Fsp3) is 0.714. The van der Waals surface area contributed by atoms with Crippen molar-refractivity contribution >= 4 is 11.9 Å². The van der Waals surface area contributed by atoms with Crippen LogP contribution in [-0.4, -0.2) is 69.0 Å². The van der Waals surface area contributed by atoms with Crippen LogP contribution in [0.5, 0.6) is 0 Å². The highest BCUT2D eigenvalue weighted by Crippen LogP contribution is 2.43. The maximum Gasteiger partial charge on any atom is 0.309 e. The third-order valence-corrected chi connectivity index (χ3v) is 7.27. The van der Waals surface area contributed by atoms with Crippen LogP contribution in [0.4, 0.5) is 0 Å². The summed E-state index contributed by atoms with van der Waals surface area (Å²) < 4.78 is 16.8. The Kier molecular flexibility index (Phi) is 10.5. The van der Waals surface area contributed by atoms with Gasteiger partial charge in [-0.25, -0.2) is 0 Å². The van der Waals surface area contributed by atoms with Crippen molar-refractivity contribution in [2.45, 2.75) is 116 Å². The second kappa shape index (κ2) is 12.5. The number of aliphatic hydroxyl groups is 3. The van der Waals surface area contributed by atoms with Crippen LogP contribution >= 0.6 is 0 Å². The molecule has 0 amide bonds. The number of esters is 2. The van der Waals surface area contributed by atoms with Crippen LogP contribution in [0.3, 0.4) is 0 Å². The monoisotopic (exact) mass is 508 g/mol. The fourth-order valence-electron chi connectivity index (χ4n) is 4.76. The molecule has 1 fully saturated rings. The summed E-state index contributed by atoms with van der Waals surface area (Å²) in [6, 6.07) is 0. The third kappa shape index (κ3) is 8.00. The lowest BCUT2D eigenvalue weighted by Gasteiger charge is -2.32. The first-order valence-electron chi connectivity index (χ1n) is 12.9. The summed E-state index contributed by atoms with van der Waals surface area (Å²) in [4.78, 5) is 24.2. The van der Waals surface area contributed by atoms with Crippen molar-refractivity contribution in [3.63, 3.8) is 0 Å². The Balaban J connectivity index is 2.24. The molecule has 2 aliphatic heterocycles. The Morgan fingerprint density at radius 1 is 1.31 bits per heavy atom. The van der Waals surface area contributed by atoms with Crippen LogP contribution in [0.25, 0.3) is 0 Å². The zero-order valence-electron chi connectivity index (χ0n) is 22.6. The number of carbonyl (C=O) groups is 2. The van der Waals surface area contributed by atoms with Gasteiger partial charge in [-0.15, -0.1) is 0 Å². The van der Waals surface area contributed by atoms with Crippen LogP contribution in [0, 0.1) is 11.8 Å². The van der Waals surface area contributed by atoms with E-state index in [1.807, 2.05) is 52.8 Å². The van der Waals surface area contributed by atoms with E-state index in [1.54, 1.807) is 19.1 Å². The normalized spacial score (nSPS) is 38.9. The molecule has 2 aliphatic rings. The zero-order chi connectivity index (χ0) is 27.3. The molecule has 2 heterocycles. The van der Waals surface area contributed by atoms with Crippen molar-refractivity contribution in [3.8, 4) is 0 Å². The van der Waals surface area contributed by atoms with Gasteiger partial charge in [0.1, 0.15) is 23.4 Å². The molecule has 3 N–H and O–H groups in total. The summed E-state index contributed by atoms with van der Waals surface area (Å²) in [5.41, 5.74) is -1.17. The molecule has 0 bridgehead atoms. The predicted octanol–water partition coefficient (Wildman–Crippen LogP) is 3.39. The molecule has 204 valence electrons. The topological polar surface area (TPSA) is 126 Å². The average molecular weight is 509 g/mol. The summed E-state index contributed by atoms with van der Waals surface area (Å²) in [7, 11) is 0. The molecule has 0 saturated carbocycles. The molecule has 8 heteroatoms. The van der Waals surface area contributed by atoms with E-state index in [0.29, 0.717) is 0 Å². The number of allylic oxidation sites excluding steroid dienone is 2. The lowest BCUT2D eigenvalue weighted by Crippen LogP contribution is -2.42. The van der Waals surface area contributed by atoms with Crippen LogP contribution in [-0.2, 0) is 23.8 Å². The van der Waals surface area contributed by atoms with Crippen molar-refractivity contribution in [2.24, 2.45) is 11.8 Å². The van der Waals surface area contributed by atoms with E-state index in [4.69, 9.17) is 14.2 Å². The molecule has 0 radical (unpaired) electrons. The standard InChI is InChI=1S/C28H44O8/c1-8-22-28(7,36-22)26(32)19(4)11-9-10-17(2)25-18(3)12-13-23(34-20(5)29)27(6,33)15-14-21(30)16-24(31)35-25/h9-13,18-19,21-23,25-26,30,32-33H,8,14-16H2,1-7H3/b11-9+,13-12-,17-10+. The van der Waals surface area contributed by atoms with Gasteiger partial charge in [-0.2, -0.15) is 0 Å². The number of epoxide rings is 1. The molecule has 0 aromatic carbocycles. The number of aliphatic hydroxyl groups excluding tert-OH is 2. The SMILES string of the molecule is CCC1OC1(C)C(O)C(C)/C=C/C=C(\C)C1OC(=O)CC(O)CCC(C)(O)C(OC(C)=O)/C=C\C1C. The lowest BCUT2D eigenvalue weighted by atomic mass is 9.88. The molecule has 9 unspecified atom stereocenters. The molecule has 36 heavy (non-hydrogen) atoms. The molecule has 0 aliphatic carbocycles. The third-order valence-electron chi connectivity index (χ3n) is 7.27. The Bertz CT molecular complexity index is 860. The van der Waals surface area contributed by atoms with Gasteiger partial charge in [-0.05, 0) is 51.7 Å². The lowest BCUT2D eigenvalue weighted by molar-refractivity contribution is -0.157. The predicted molar refractivity (Wildman–Crippen MR) is 136 cm³/mol. The van der Waals surface area contributed by atoms with Crippen molar-refractivity contribution in [3.05, 3.63) is 36.0 Å². The van der Waals surface area contributed by atoms with E-state index in [2.05, 4.69) is 0 Å². The van der Waals surface area contributed by atoms with Gasteiger partial charge in [-0.1, -0.05) is 45.1 Å². The first-order chi connectivity index (χ1) is 16.7. The number of cyclic esters (lactones) is 1. The highest BCUT2D eigenvalue weighted by Gasteiger charge is 2.57. The van der Waals surface area contributed by atoms with Gasteiger partial charge in [0.25, 0.3) is 0 Å². The molecule has 2 rings (SSSR count). The molecule has 9 atom stereocenters. The average Bonchev–Trinajstić information content (AvgIpc) is 3.48. The summed E-state index contributed by atoms with van der Waals surface area (Å²) in [6.45, 7) is 12.4. The number of rotatable bonds is 7. The van der Waals surface area contributed by atoms with Crippen molar-refractivity contribution in [2.75, 3.05) is 0 Å². The minimum absolute atomic E-state index is 0.0656. The van der Waals surface area contributed by atoms with E-state index < -0.39 is 47.6 Å². The smallest absolute Gasteiger partial charge is 0.309 e. The van der Waals surface area contributed by atoms with E-state index in [9.17, 15) is 24.9 Å². The van der Waals surface area contributed by atoms with E-state index in [-0.39, 0.29) is 37.2 Å². The Hall–Kier alpha value is -2.00. The van der Waals surface area contributed by atoms with Crippen LogP contribution in [0.2, 0.25) is 0 Å². The molecule has 0 aromatic heterocycles. The number of ether oxygens (including phenoxy) is 3. The Morgan fingerprint density at radius 3 is 2.56 bits per heavy atom. The zero-order valence-corrected chi connectivity index (χ0v) is 22.6. The first-order valence-corrected chi connectivity index (χ1v) is 12.9. The van der Waals surface area contributed by atoms with Crippen molar-refractivity contribution in [1.29, 1.82) is 0 Å². The molecule has 1 saturated heterocycles. The van der Waals surface area contributed by atoms with Crippen LogP contribution < -0.4 is 0 Å². The molecular weight excluding hydrogens is 464 g/mol. The molecular formula is C28H44O8. The number of hydrogen-bond acceptors (Lipinski definition) is 8. The number of carbonyl (C=O) groups excluding carboxylic acids is 2. The largest absolute Gasteiger partial charge is 0.457 e. The highest BCUT2D eigenvalue weighted by atomic mass is 16.6. The number of hydrogen-bond donors (Lipinski definition) is 3. The summed E-state index contributed by atoms with van der Waals surface area (Å²) in [6.07, 6.45) is 6.75. The van der Waals surface area contributed by atoms with Crippen LogP contribution in [0.1, 0.15) is 74.1 Å². The molecule has 0 spiro atoms. The van der Waals surface area contributed by atoms with Crippen molar-refractivity contribution in [1.82, 2.24) is 0 Å². The summed E-state index contributed by atoms with van der Waals surface area (Å²) >= 11 is 0. The highest BCUT2D eigenvalue weighted by molar-refractivity contribution is 5.70. The second-order valence-electron chi connectivity index (χ2n) is 10.7. The van der Waals surface area contributed by atoms with E-state index >= 15 is 0 Å². The van der Waals surface area contributed by atoms with E-state index in [1.165, 1.54) is 6.92 Å².